The van der Waals surface area contributed by atoms with Crippen LogP contribution in [0.5, 0.6) is 5.75 Å². The van der Waals surface area contributed by atoms with Gasteiger partial charge in [-0.3, -0.25) is 4.79 Å². The first-order valence-electron chi connectivity index (χ1n) is 7.15. The number of ether oxygens (including phenoxy) is 2. The topological polar surface area (TPSA) is 35.5 Å². The molecule has 110 valence electrons. The summed E-state index contributed by atoms with van der Waals surface area (Å²) in [4.78, 5) is 11.6. The molecule has 1 aromatic carbocycles. The molecule has 3 nitrogen and oxygen atoms in total. The molecule has 2 atom stereocenters. The fraction of sp³-hybridized carbons (Fsp3) is 0.471. The zero-order chi connectivity index (χ0) is 15.0. The third-order valence-corrected chi connectivity index (χ3v) is 3.30. The summed E-state index contributed by atoms with van der Waals surface area (Å²) in [6.07, 6.45) is 3.16. The fourth-order valence-corrected chi connectivity index (χ4v) is 2.11. The van der Waals surface area contributed by atoms with Gasteiger partial charge in [-0.2, -0.15) is 0 Å². The molecule has 1 rings (SSSR count). The molecule has 0 radical (unpaired) electrons. The minimum atomic E-state index is -0.230. The highest BCUT2D eigenvalue weighted by Gasteiger charge is 2.16. The maximum absolute atomic E-state index is 11.6. The quantitative estimate of drug-likeness (QED) is 0.535. The van der Waals surface area contributed by atoms with Gasteiger partial charge in [0, 0.05) is 11.5 Å². The van der Waals surface area contributed by atoms with Crippen molar-refractivity contribution >= 4 is 5.97 Å². The minimum absolute atomic E-state index is 0.0286. The van der Waals surface area contributed by atoms with E-state index in [1.807, 2.05) is 37.3 Å². The standard InChI is InChI=1S/C17H24O3/c1-5-14(6-2)13(4)20-16-11-9-8-10-15(16)12-17(18)19-7-3/h5,8-11,13-14H,1,6-7,12H2,2-4H3/t13-,14?/m1/s1. The minimum Gasteiger partial charge on any atom is -0.490 e. The van der Waals surface area contributed by atoms with Gasteiger partial charge in [0.1, 0.15) is 11.9 Å². The van der Waals surface area contributed by atoms with E-state index in [-0.39, 0.29) is 18.5 Å². The monoisotopic (exact) mass is 276 g/mol. The number of rotatable bonds is 8. The maximum Gasteiger partial charge on any atom is 0.310 e. The van der Waals surface area contributed by atoms with E-state index >= 15 is 0 Å². The van der Waals surface area contributed by atoms with Crippen molar-refractivity contribution in [2.75, 3.05) is 6.61 Å². The summed E-state index contributed by atoms with van der Waals surface area (Å²) < 4.78 is 11.0. The van der Waals surface area contributed by atoms with Crippen LogP contribution in [0.1, 0.15) is 32.8 Å². The van der Waals surface area contributed by atoms with Crippen molar-refractivity contribution in [3.8, 4) is 5.75 Å². The van der Waals surface area contributed by atoms with Crippen molar-refractivity contribution in [2.24, 2.45) is 5.92 Å². The maximum atomic E-state index is 11.6. The summed E-state index contributed by atoms with van der Waals surface area (Å²) in [5, 5.41) is 0. The van der Waals surface area contributed by atoms with Crippen LogP contribution in [-0.2, 0) is 16.0 Å². The van der Waals surface area contributed by atoms with Crippen molar-refractivity contribution in [1.29, 1.82) is 0 Å². The fourth-order valence-electron chi connectivity index (χ4n) is 2.11. The molecule has 20 heavy (non-hydrogen) atoms. The van der Waals surface area contributed by atoms with Gasteiger partial charge in [-0.1, -0.05) is 31.2 Å². The Hall–Kier alpha value is -1.77. The summed E-state index contributed by atoms with van der Waals surface area (Å²) in [5.41, 5.74) is 0.858. The molecule has 0 aliphatic carbocycles. The predicted octanol–water partition coefficient (Wildman–Crippen LogP) is 3.77. The van der Waals surface area contributed by atoms with Crippen molar-refractivity contribution in [2.45, 2.75) is 39.7 Å². The number of para-hydroxylation sites is 1. The van der Waals surface area contributed by atoms with Gasteiger partial charge in [0.2, 0.25) is 0 Å². The Labute approximate surface area is 121 Å². The lowest BCUT2D eigenvalue weighted by Crippen LogP contribution is -2.22. The molecule has 0 fully saturated rings. The molecule has 0 bridgehead atoms. The first-order chi connectivity index (χ1) is 9.62. The van der Waals surface area contributed by atoms with E-state index < -0.39 is 0 Å². The number of carbonyl (C=O) groups excluding carboxylic acids is 1. The molecule has 0 saturated carbocycles. The molecular weight excluding hydrogens is 252 g/mol. The molecule has 0 aliphatic rings. The zero-order valence-electron chi connectivity index (χ0n) is 12.6. The van der Waals surface area contributed by atoms with Gasteiger partial charge >= 0.3 is 5.97 Å². The molecule has 0 aliphatic heterocycles. The lowest BCUT2D eigenvalue weighted by molar-refractivity contribution is -0.142. The van der Waals surface area contributed by atoms with Crippen LogP contribution < -0.4 is 4.74 Å². The smallest absolute Gasteiger partial charge is 0.310 e. The zero-order valence-corrected chi connectivity index (χ0v) is 12.6. The number of carbonyl (C=O) groups is 1. The van der Waals surface area contributed by atoms with Crippen LogP contribution in [0.2, 0.25) is 0 Å². The van der Waals surface area contributed by atoms with Gasteiger partial charge in [-0.05, 0) is 26.3 Å². The van der Waals surface area contributed by atoms with Gasteiger partial charge in [0.25, 0.3) is 0 Å². The lowest BCUT2D eigenvalue weighted by Gasteiger charge is -2.22. The van der Waals surface area contributed by atoms with Crippen LogP contribution in [-0.4, -0.2) is 18.7 Å². The Kier molecular flexibility index (Phi) is 6.85. The van der Waals surface area contributed by atoms with Crippen molar-refractivity contribution in [3.05, 3.63) is 42.5 Å². The van der Waals surface area contributed by atoms with Gasteiger partial charge in [-0.15, -0.1) is 6.58 Å². The summed E-state index contributed by atoms with van der Waals surface area (Å²) in [5.74, 6) is 0.811. The lowest BCUT2D eigenvalue weighted by atomic mass is 10.0. The van der Waals surface area contributed by atoms with E-state index in [2.05, 4.69) is 13.5 Å². The summed E-state index contributed by atoms with van der Waals surface area (Å²) in [6.45, 7) is 10.2. The second-order valence-electron chi connectivity index (χ2n) is 4.72. The predicted molar refractivity (Wildman–Crippen MR) is 80.8 cm³/mol. The second-order valence-corrected chi connectivity index (χ2v) is 4.72. The first-order valence-corrected chi connectivity index (χ1v) is 7.15. The Morgan fingerprint density at radius 2 is 2.05 bits per heavy atom. The van der Waals surface area contributed by atoms with E-state index in [1.165, 1.54) is 0 Å². The third-order valence-electron chi connectivity index (χ3n) is 3.30. The largest absolute Gasteiger partial charge is 0.490 e. The molecular formula is C17H24O3. The number of benzene rings is 1. The van der Waals surface area contributed by atoms with E-state index in [1.54, 1.807) is 6.92 Å². The van der Waals surface area contributed by atoms with Crippen LogP contribution in [0.4, 0.5) is 0 Å². The summed E-state index contributed by atoms with van der Waals surface area (Å²) in [6, 6.07) is 7.59. The molecule has 1 aromatic rings. The number of hydrogen-bond acceptors (Lipinski definition) is 3. The molecule has 0 heterocycles. The second kappa shape index (κ2) is 8.41. The van der Waals surface area contributed by atoms with Gasteiger partial charge < -0.3 is 9.47 Å². The normalized spacial score (nSPS) is 13.3. The summed E-state index contributed by atoms with van der Waals surface area (Å²) in [7, 11) is 0. The number of hydrogen-bond donors (Lipinski definition) is 0. The van der Waals surface area contributed by atoms with Gasteiger partial charge in [0.05, 0.1) is 13.0 Å². The molecule has 1 unspecified atom stereocenters. The van der Waals surface area contributed by atoms with Crippen LogP contribution in [0.25, 0.3) is 0 Å². The molecule has 0 saturated heterocycles. The van der Waals surface area contributed by atoms with Crippen molar-refractivity contribution in [3.63, 3.8) is 0 Å². The highest BCUT2D eigenvalue weighted by atomic mass is 16.5. The van der Waals surface area contributed by atoms with E-state index in [0.29, 0.717) is 12.5 Å². The SMILES string of the molecule is C=CC(CC)[C@@H](C)Oc1ccccc1CC(=O)OCC. The van der Waals surface area contributed by atoms with Gasteiger partial charge in [-0.25, -0.2) is 0 Å². The molecule has 0 spiro atoms. The Balaban J connectivity index is 2.79. The van der Waals surface area contributed by atoms with E-state index in [4.69, 9.17) is 9.47 Å². The molecule has 0 N–H and O–H groups in total. The third kappa shape index (κ3) is 4.72. The van der Waals surface area contributed by atoms with E-state index in [9.17, 15) is 4.79 Å². The molecule has 0 amide bonds. The Morgan fingerprint density at radius 3 is 2.65 bits per heavy atom. The van der Waals surface area contributed by atoms with Crippen LogP contribution in [0.3, 0.4) is 0 Å². The van der Waals surface area contributed by atoms with E-state index in [0.717, 1.165) is 17.7 Å². The highest BCUT2D eigenvalue weighted by Crippen LogP contribution is 2.23. The number of esters is 1. The summed E-state index contributed by atoms with van der Waals surface area (Å²) >= 11 is 0. The Bertz CT molecular complexity index is 440. The molecule has 3 heteroatoms. The highest BCUT2D eigenvalue weighted by molar-refractivity contribution is 5.73. The van der Waals surface area contributed by atoms with Crippen molar-refractivity contribution in [1.82, 2.24) is 0 Å². The van der Waals surface area contributed by atoms with Crippen LogP contribution in [0.15, 0.2) is 36.9 Å². The van der Waals surface area contributed by atoms with Gasteiger partial charge in [0.15, 0.2) is 0 Å². The Morgan fingerprint density at radius 1 is 1.35 bits per heavy atom. The van der Waals surface area contributed by atoms with Crippen molar-refractivity contribution < 1.29 is 14.3 Å². The average molecular weight is 276 g/mol. The first kappa shape index (κ1) is 16.3. The molecule has 0 aromatic heterocycles. The van der Waals surface area contributed by atoms with Crippen LogP contribution >= 0.6 is 0 Å². The van der Waals surface area contributed by atoms with Crippen LogP contribution in [0, 0.1) is 5.92 Å². The average Bonchev–Trinajstić information content (AvgIpc) is 2.42.